The molecule has 0 radical (unpaired) electrons. The molecule has 0 amide bonds. The molecule has 2 fully saturated rings. The van der Waals surface area contributed by atoms with Crippen molar-refractivity contribution in [2.24, 2.45) is 24.8 Å². The van der Waals surface area contributed by atoms with Gasteiger partial charge in [-0.3, -0.25) is 9.48 Å². The lowest BCUT2D eigenvalue weighted by molar-refractivity contribution is 0.0751. The fraction of sp³-hybridized carbons (Fsp3) is 0.750. The molecule has 0 aromatic carbocycles. The smallest absolute Gasteiger partial charge is 0.187 e. The summed E-state index contributed by atoms with van der Waals surface area (Å²) in [6, 6.07) is 0. The van der Waals surface area contributed by atoms with Crippen LogP contribution in [0.15, 0.2) is 6.20 Å². The highest BCUT2D eigenvalue weighted by molar-refractivity contribution is 5.98. The van der Waals surface area contributed by atoms with Gasteiger partial charge in [-0.1, -0.05) is 25.7 Å². The highest BCUT2D eigenvalue weighted by atomic mass is 16.5. The molecule has 1 heterocycles. The van der Waals surface area contributed by atoms with Gasteiger partial charge in [0.15, 0.2) is 11.5 Å². The molecule has 0 spiro atoms. The van der Waals surface area contributed by atoms with Crippen molar-refractivity contribution in [3.8, 4) is 5.75 Å². The van der Waals surface area contributed by atoms with Crippen LogP contribution in [0.5, 0.6) is 5.75 Å². The minimum atomic E-state index is 0.165. The van der Waals surface area contributed by atoms with Gasteiger partial charge in [-0.2, -0.15) is 5.10 Å². The van der Waals surface area contributed by atoms with Gasteiger partial charge in [0.25, 0.3) is 0 Å². The van der Waals surface area contributed by atoms with Crippen LogP contribution in [0.2, 0.25) is 0 Å². The summed E-state index contributed by atoms with van der Waals surface area (Å²) >= 11 is 0. The summed E-state index contributed by atoms with van der Waals surface area (Å²) in [5.41, 5.74) is 0.645. The second-order valence-corrected chi connectivity index (χ2v) is 6.36. The summed E-state index contributed by atoms with van der Waals surface area (Å²) in [7, 11) is 3.42. The number of carbonyl (C=O) groups excluding carboxylic acids is 1. The van der Waals surface area contributed by atoms with E-state index in [9.17, 15) is 4.79 Å². The van der Waals surface area contributed by atoms with Crippen LogP contribution in [-0.4, -0.2) is 22.7 Å². The number of aromatic nitrogens is 2. The molecule has 0 bridgehead atoms. The molecule has 2 aliphatic rings. The van der Waals surface area contributed by atoms with Crippen LogP contribution in [0.1, 0.15) is 55.4 Å². The van der Waals surface area contributed by atoms with E-state index in [1.165, 1.54) is 32.1 Å². The largest absolute Gasteiger partial charge is 0.493 e. The van der Waals surface area contributed by atoms with E-state index in [0.717, 1.165) is 24.7 Å². The number of hydrogen-bond donors (Lipinski definition) is 0. The van der Waals surface area contributed by atoms with Crippen LogP contribution in [0.4, 0.5) is 0 Å². The Labute approximate surface area is 120 Å². The van der Waals surface area contributed by atoms with E-state index in [4.69, 9.17) is 4.74 Å². The zero-order valence-electron chi connectivity index (χ0n) is 12.5. The molecule has 0 saturated heterocycles. The van der Waals surface area contributed by atoms with Crippen molar-refractivity contribution in [3.63, 3.8) is 0 Å². The van der Waals surface area contributed by atoms with Crippen LogP contribution in [0.25, 0.3) is 0 Å². The number of nitrogens with zero attached hydrogens (tertiary/aromatic N) is 2. The molecule has 3 atom stereocenters. The molecule has 3 unspecified atom stereocenters. The first-order valence-corrected chi connectivity index (χ1v) is 7.81. The van der Waals surface area contributed by atoms with Gasteiger partial charge in [0, 0.05) is 13.0 Å². The summed E-state index contributed by atoms with van der Waals surface area (Å²) in [6.45, 7) is 0. The lowest BCUT2D eigenvalue weighted by atomic mass is 9.66. The van der Waals surface area contributed by atoms with Gasteiger partial charge < -0.3 is 4.74 Å². The van der Waals surface area contributed by atoms with Crippen LogP contribution < -0.4 is 4.74 Å². The summed E-state index contributed by atoms with van der Waals surface area (Å²) in [6.07, 6.45) is 10.4. The normalized spacial score (nSPS) is 29.8. The van der Waals surface area contributed by atoms with E-state index in [-0.39, 0.29) is 11.7 Å². The molecule has 2 saturated carbocycles. The Bertz CT molecular complexity index is 495. The Balaban J connectivity index is 1.76. The average Bonchev–Trinajstić information content (AvgIpc) is 2.87. The number of hydrogen-bond acceptors (Lipinski definition) is 3. The molecule has 3 rings (SSSR count). The molecule has 0 aliphatic heterocycles. The lowest BCUT2D eigenvalue weighted by Crippen LogP contribution is -2.32. The second-order valence-electron chi connectivity index (χ2n) is 6.36. The van der Waals surface area contributed by atoms with Crippen molar-refractivity contribution in [2.75, 3.05) is 7.11 Å². The molecule has 4 nitrogen and oxygen atoms in total. The van der Waals surface area contributed by atoms with Crippen molar-refractivity contribution in [1.82, 2.24) is 9.78 Å². The molecule has 2 aliphatic carbocycles. The number of carbonyl (C=O) groups is 1. The fourth-order valence-electron chi connectivity index (χ4n) is 4.15. The van der Waals surface area contributed by atoms with Gasteiger partial charge in [-0.15, -0.1) is 0 Å². The number of aryl methyl sites for hydroxylation is 1. The number of methoxy groups -OCH3 is 1. The Kier molecular flexibility index (Phi) is 3.81. The summed E-state index contributed by atoms with van der Waals surface area (Å²) in [4.78, 5) is 12.8. The van der Waals surface area contributed by atoms with Gasteiger partial charge in [-0.05, 0) is 31.1 Å². The SMILES string of the molecule is COc1cnn(C)c1C(=O)C1CCC2CCCCC2C1. The monoisotopic (exact) mass is 276 g/mol. The molecule has 20 heavy (non-hydrogen) atoms. The Morgan fingerprint density at radius 1 is 1.25 bits per heavy atom. The molecule has 0 N–H and O–H groups in total. The Morgan fingerprint density at radius 2 is 2.00 bits per heavy atom. The number of rotatable bonds is 3. The van der Waals surface area contributed by atoms with Crippen LogP contribution >= 0.6 is 0 Å². The number of Topliss-reactive ketones (excluding diaryl/α,β-unsaturated/α-hetero) is 1. The van der Waals surface area contributed by atoms with E-state index in [1.54, 1.807) is 18.0 Å². The number of fused-ring (bicyclic) bond motifs is 1. The second kappa shape index (κ2) is 5.58. The van der Waals surface area contributed by atoms with Crippen molar-refractivity contribution in [1.29, 1.82) is 0 Å². The predicted octanol–water partition coefficient (Wildman–Crippen LogP) is 3.22. The fourth-order valence-corrected chi connectivity index (χ4v) is 4.15. The van der Waals surface area contributed by atoms with Crippen molar-refractivity contribution < 1.29 is 9.53 Å². The van der Waals surface area contributed by atoms with Crippen molar-refractivity contribution in [2.45, 2.75) is 44.9 Å². The minimum absolute atomic E-state index is 0.165. The zero-order valence-corrected chi connectivity index (χ0v) is 12.5. The molecular weight excluding hydrogens is 252 g/mol. The number of ketones is 1. The average molecular weight is 276 g/mol. The highest BCUT2D eigenvalue weighted by Crippen LogP contribution is 2.43. The zero-order chi connectivity index (χ0) is 14.1. The first kappa shape index (κ1) is 13.7. The van der Waals surface area contributed by atoms with Crippen molar-refractivity contribution in [3.05, 3.63) is 11.9 Å². The summed E-state index contributed by atoms with van der Waals surface area (Å²) in [5, 5.41) is 4.16. The third-order valence-corrected chi connectivity index (χ3v) is 5.27. The van der Waals surface area contributed by atoms with Crippen LogP contribution in [-0.2, 0) is 7.05 Å². The lowest BCUT2D eigenvalue weighted by Gasteiger charge is -2.38. The third-order valence-electron chi connectivity index (χ3n) is 5.27. The summed E-state index contributed by atoms with van der Waals surface area (Å²) in [5.74, 6) is 2.65. The van der Waals surface area contributed by atoms with Crippen molar-refractivity contribution >= 4 is 5.78 Å². The van der Waals surface area contributed by atoms with Crippen LogP contribution in [0.3, 0.4) is 0 Å². The number of ether oxygens (including phenoxy) is 1. The molecule has 1 aromatic rings. The first-order valence-electron chi connectivity index (χ1n) is 7.81. The van der Waals surface area contributed by atoms with E-state index >= 15 is 0 Å². The predicted molar refractivity (Wildman–Crippen MR) is 76.9 cm³/mol. The maximum absolute atomic E-state index is 12.8. The van der Waals surface area contributed by atoms with Gasteiger partial charge in [0.05, 0.1) is 13.3 Å². The Hall–Kier alpha value is -1.32. The van der Waals surface area contributed by atoms with E-state index in [1.807, 2.05) is 7.05 Å². The van der Waals surface area contributed by atoms with Gasteiger partial charge in [0.2, 0.25) is 0 Å². The highest BCUT2D eigenvalue weighted by Gasteiger charge is 2.36. The topological polar surface area (TPSA) is 44.1 Å². The molecular formula is C16H24N2O2. The maximum Gasteiger partial charge on any atom is 0.187 e. The quantitative estimate of drug-likeness (QED) is 0.796. The minimum Gasteiger partial charge on any atom is -0.493 e. The summed E-state index contributed by atoms with van der Waals surface area (Å²) < 4.78 is 6.94. The third kappa shape index (κ3) is 2.36. The van der Waals surface area contributed by atoms with E-state index < -0.39 is 0 Å². The molecule has 4 heteroatoms. The molecule has 110 valence electrons. The maximum atomic E-state index is 12.8. The van der Waals surface area contributed by atoms with Crippen LogP contribution in [0, 0.1) is 17.8 Å². The van der Waals surface area contributed by atoms with Gasteiger partial charge in [0.1, 0.15) is 5.69 Å². The first-order chi connectivity index (χ1) is 9.70. The standard InChI is InChI=1S/C16H24N2O2/c1-18-15(14(20-2)10-17-18)16(19)13-8-7-11-5-3-4-6-12(11)9-13/h10-13H,3-9H2,1-2H3. The van der Waals surface area contributed by atoms with E-state index in [2.05, 4.69) is 5.10 Å². The van der Waals surface area contributed by atoms with E-state index in [0.29, 0.717) is 11.4 Å². The van der Waals surface area contributed by atoms with Gasteiger partial charge >= 0.3 is 0 Å². The molecule has 1 aromatic heterocycles. The Morgan fingerprint density at radius 3 is 2.75 bits per heavy atom. The van der Waals surface area contributed by atoms with Gasteiger partial charge in [-0.25, -0.2) is 0 Å².